The van der Waals surface area contributed by atoms with Crippen LogP contribution in [0.3, 0.4) is 0 Å². The molecule has 0 amide bonds. The first-order valence-corrected chi connectivity index (χ1v) is 13.2. The summed E-state index contributed by atoms with van der Waals surface area (Å²) < 4.78 is 15.0. The van der Waals surface area contributed by atoms with Crippen molar-refractivity contribution < 1.29 is 14.2 Å². The van der Waals surface area contributed by atoms with Crippen molar-refractivity contribution in [3.05, 3.63) is 91.0 Å². The quantitative estimate of drug-likeness (QED) is 0.246. The summed E-state index contributed by atoms with van der Waals surface area (Å²) >= 11 is 21.0. The number of alkyl halides is 3. The van der Waals surface area contributed by atoms with Crippen molar-refractivity contribution in [3.63, 3.8) is 0 Å². The van der Waals surface area contributed by atoms with E-state index in [1.165, 1.54) is 0 Å². The van der Waals surface area contributed by atoms with Gasteiger partial charge in [-0.05, 0) is 36.4 Å². The smallest absolute Gasteiger partial charge is 0.222 e. The second-order valence-electron chi connectivity index (χ2n) is 6.41. The zero-order valence-electron chi connectivity index (χ0n) is 15.5. The van der Waals surface area contributed by atoms with E-state index in [1.807, 2.05) is 91.0 Å². The highest BCUT2D eigenvalue weighted by Crippen LogP contribution is 2.78. The number of benzene rings is 3. The van der Waals surface area contributed by atoms with Crippen LogP contribution < -0.4 is 14.2 Å². The Balaban J connectivity index is 1.64. The van der Waals surface area contributed by atoms with Gasteiger partial charge in [0.1, 0.15) is 17.2 Å². The number of para-hydroxylation sites is 3. The molecule has 1 aliphatic heterocycles. The summed E-state index contributed by atoms with van der Waals surface area (Å²) in [6.07, 6.45) is 0. The van der Waals surface area contributed by atoms with Crippen molar-refractivity contribution >= 4 is 60.5 Å². The van der Waals surface area contributed by atoms with E-state index < -0.39 is 13.6 Å². The molecule has 1 fully saturated rings. The van der Waals surface area contributed by atoms with Crippen molar-refractivity contribution in [2.45, 2.75) is 13.6 Å². The van der Waals surface area contributed by atoms with Crippen molar-refractivity contribution in [2.24, 2.45) is 0 Å². The summed E-state index contributed by atoms with van der Waals surface area (Å²) in [5.41, 5.74) is 0. The molecule has 1 saturated heterocycles. The Morgan fingerprint density at radius 2 is 0.667 bits per heavy atom. The van der Waals surface area contributed by atoms with E-state index in [1.54, 1.807) is 0 Å². The van der Waals surface area contributed by atoms with Gasteiger partial charge in [0.05, 0.1) is 0 Å². The molecule has 0 radical (unpaired) electrons. The third-order valence-electron chi connectivity index (χ3n) is 3.97. The summed E-state index contributed by atoms with van der Waals surface area (Å²) in [5.74, 6) is 1.90. The normalized spacial score (nSPS) is 30.9. The van der Waals surface area contributed by atoms with Crippen molar-refractivity contribution in [3.8, 4) is 17.2 Å². The molecule has 0 atom stereocenters. The number of ether oxygens (including phenoxy) is 3. The van der Waals surface area contributed by atoms with E-state index in [9.17, 15) is 0 Å². The van der Waals surface area contributed by atoms with Crippen LogP contribution in [-0.4, -0.2) is 13.6 Å². The fourth-order valence-corrected chi connectivity index (χ4v) is 14.6. The van der Waals surface area contributed by atoms with Gasteiger partial charge in [0, 0.05) is 25.7 Å². The lowest BCUT2D eigenvalue weighted by Crippen LogP contribution is -2.40. The van der Waals surface area contributed by atoms with Crippen LogP contribution in [0.4, 0.5) is 0 Å². The molecule has 0 N–H and O–H groups in total. The van der Waals surface area contributed by atoms with E-state index in [4.69, 9.17) is 49.0 Å². The topological polar surface area (TPSA) is 27.7 Å². The second kappa shape index (κ2) is 9.38. The van der Waals surface area contributed by atoms with Gasteiger partial charge in [0.15, 0.2) is 0 Å². The molecule has 3 aromatic rings. The highest BCUT2D eigenvalue weighted by molar-refractivity contribution is 7.83. The molecule has 0 saturated carbocycles. The number of hydrogen-bond donors (Lipinski definition) is 0. The largest absolute Gasteiger partial charge is 0.465 e. The third kappa shape index (κ3) is 5.92. The molecule has 0 aliphatic carbocycles. The van der Waals surface area contributed by atoms with Crippen molar-refractivity contribution in [1.29, 1.82) is 0 Å². The first kappa shape index (κ1) is 22.4. The van der Waals surface area contributed by atoms with Gasteiger partial charge >= 0.3 is 0 Å². The molecule has 30 heavy (non-hydrogen) atoms. The SMILES string of the molecule is ClC1(Oc2ccccc2)PC(Cl)(Oc2ccccc2)PC(Cl)(Oc2ccccc2)P1. The van der Waals surface area contributed by atoms with Gasteiger partial charge in [-0.25, -0.2) is 0 Å². The Bertz CT molecular complexity index is 831. The third-order valence-corrected chi connectivity index (χ3v) is 10.7. The number of rotatable bonds is 6. The Labute approximate surface area is 196 Å². The predicted octanol–water partition coefficient (Wildman–Crippen LogP) is 7.82. The molecule has 0 unspecified atom stereocenters. The molecule has 0 spiro atoms. The van der Waals surface area contributed by atoms with E-state index in [0.717, 1.165) is 0 Å². The first-order valence-electron chi connectivity index (χ1n) is 9.02. The van der Waals surface area contributed by atoms with Crippen LogP contribution in [0.15, 0.2) is 91.0 Å². The average Bonchev–Trinajstić information content (AvgIpc) is 2.68. The molecular weight excluding hydrogens is 500 g/mol. The summed E-state index contributed by atoms with van der Waals surface area (Å²) in [5, 5.41) is 0. The zero-order chi connectivity index (χ0) is 21.1. The van der Waals surface area contributed by atoms with Crippen molar-refractivity contribution in [2.75, 3.05) is 0 Å². The summed E-state index contributed by atoms with van der Waals surface area (Å²) in [6.45, 7) is 0. The van der Waals surface area contributed by atoms with Gasteiger partial charge in [-0.1, -0.05) is 89.4 Å². The fraction of sp³-hybridized carbons (Fsp3) is 0.143. The van der Waals surface area contributed by atoms with Crippen LogP contribution in [0, 0.1) is 0 Å². The molecule has 4 rings (SSSR count). The van der Waals surface area contributed by atoms with E-state index in [0.29, 0.717) is 17.2 Å². The van der Waals surface area contributed by atoms with Crippen LogP contribution in [0.25, 0.3) is 0 Å². The Morgan fingerprint density at radius 1 is 0.433 bits per heavy atom. The van der Waals surface area contributed by atoms with Gasteiger partial charge in [-0.2, -0.15) is 0 Å². The number of hydrogen-bond acceptors (Lipinski definition) is 3. The van der Waals surface area contributed by atoms with Gasteiger partial charge in [-0.15, -0.1) is 0 Å². The van der Waals surface area contributed by atoms with Crippen LogP contribution >= 0.6 is 60.5 Å². The Hall–Kier alpha value is -0.780. The lowest BCUT2D eigenvalue weighted by molar-refractivity contribution is 0.268. The molecular formula is C21H18Cl3O3P3. The molecule has 1 aliphatic rings. The van der Waals surface area contributed by atoms with Crippen LogP contribution in [0.5, 0.6) is 17.2 Å². The molecule has 1 heterocycles. The molecule has 9 heteroatoms. The molecule has 0 aromatic heterocycles. The van der Waals surface area contributed by atoms with E-state index in [-0.39, 0.29) is 25.7 Å². The predicted molar refractivity (Wildman–Crippen MR) is 132 cm³/mol. The minimum atomic E-state index is -1.17. The lowest BCUT2D eigenvalue weighted by atomic mass is 10.3. The fourth-order valence-electron chi connectivity index (χ4n) is 2.82. The standard InChI is InChI=1S/C21H18Cl3O3P3/c22-19(25-16-10-4-1-5-11-16)28-20(23,26-17-12-6-2-7-13-17)30-21(24,29-19)27-18-14-8-3-9-15-18/h1-15,28-30H. The van der Waals surface area contributed by atoms with Gasteiger partial charge < -0.3 is 14.2 Å². The molecule has 3 aromatic carbocycles. The first-order chi connectivity index (χ1) is 14.4. The monoisotopic (exact) mass is 516 g/mol. The lowest BCUT2D eigenvalue weighted by Gasteiger charge is -2.47. The van der Waals surface area contributed by atoms with Gasteiger partial charge in [0.2, 0.25) is 13.6 Å². The minimum absolute atomic E-state index is 0.0850. The number of halogens is 3. The Morgan fingerprint density at radius 3 is 0.900 bits per heavy atom. The van der Waals surface area contributed by atoms with Crippen molar-refractivity contribution in [1.82, 2.24) is 0 Å². The van der Waals surface area contributed by atoms with Crippen LogP contribution in [0.2, 0.25) is 0 Å². The zero-order valence-corrected chi connectivity index (χ0v) is 20.8. The average molecular weight is 518 g/mol. The molecule has 156 valence electrons. The molecule has 3 nitrogen and oxygen atoms in total. The summed E-state index contributed by atoms with van der Waals surface area (Å²) in [7, 11) is -0.255. The van der Waals surface area contributed by atoms with Gasteiger partial charge in [0.25, 0.3) is 0 Å². The van der Waals surface area contributed by atoms with E-state index >= 15 is 0 Å². The van der Waals surface area contributed by atoms with Crippen LogP contribution in [-0.2, 0) is 0 Å². The summed E-state index contributed by atoms with van der Waals surface area (Å²) in [6, 6.07) is 28.1. The summed E-state index contributed by atoms with van der Waals surface area (Å²) in [4.78, 5) is 0. The molecule has 0 bridgehead atoms. The highest BCUT2D eigenvalue weighted by Gasteiger charge is 2.58. The maximum atomic E-state index is 6.99. The maximum absolute atomic E-state index is 6.99. The van der Waals surface area contributed by atoms with Gasteiger partial charge in [-0.3, -0.25) is 0 Å². The van der Waals surface area contributed by atoms with E-state index in [2.05, 4.69) is 0 Å². The Kier molecular flexibility index (Phi) is 7.01. The second-order valence-corrected chi connectivity index (χ2v) is 16.4. The highest BCUT2D eigenvalue weighted by atomic mass is 35.5. The maximum Gasteiger partial charge on any atom is 0.222 e. The minimum Gasteiger partial charge on any atom is -0.465 e. The van der Waals surface area contributed by atoms with Crippen LogP contribution in [0.1, 0.15) is 0 Å².